The molecule has 0 amide bonds. The second kappa shape index (κ2) is 6.15. The first kappa shape index (κ1) is 13.3. The van der Waals surface area contributed by atoms with E-state index in [1.54, 1.807) is 0 Å². The maximum Gasteiger partial charge on any atom is 0.0994 e. The van der Waals surface area contributed by atoms with E-state index in [9.17, 15) is 0 Å². The van der Waals surface area contributed by atoms with E-state index >= 15 is 0 Å². The van der Waals surface area contributed by atoms with Crippen molar-refractivity contribution in [2.24, 2.45) is 0 Å². The fourth-order valence-corrected chi connectivity index (χ4v) is 3.80. The third-order valence-electron chi connectivity index (χ3n) is 3.53. The van der Waals surface area contributed by atoms with Crippen LogP contribution >= 0.6 is 11.8 Å². The molecule has 1 aliphatic rings. The van der Waals surface area contributed by atoms with Crippen LogP contribution in [0.15, 0.2) is 18.2 Å². The van der Waals surface area contributed by atoms with Gasteiger partial charge in [0.1, 0.15) is 0 Å². The van der Waals surface area contributed by atoms with Crippen molar-refractivity contribution in [1.29, 1.82) is 5.26 Å². The second-order valence-corrected chi connectivity index (χ2v) is 6.33. The molecule has 1 aromatic rings. The van der Waals surface area contributed by atoms with Crippen molar-refractivity contribution in [1.82, 2.24) is 0 Å². The first-order valence-corrected chi connectivity index (χ1v) is 7.68. The van der Waals surface area contributed by atoms with Gasteiger partial charge in [0, 0.05) is 17.0 Å². The minimum absolute atomic E-state index is 0.585. The summed E-state index contributed by atoms with van der Waals surface area (Å²) in [6, 6.07) is 8.82. The van der Waals surface area contributed by atoms with Gasteiger partial charge in [0.25, 0.3) is 0 Å². The van der Waals surface area contributed by atoms with Crippen LogP contribution in [0.4, 0.5) is 5.69 Å². The smallest absolute Gasteiger partial charge is 0.0994 e. The molecule has 0 aliphatic heterocycles. The van der Waals surface area contributed by atoms with Gasteiger partial charge in [-0.25, -0.2) is 0 Å². The van der Waals surface area contributed by atoms with Crippen molar-refractivity contribution >= 4 is 17.4 Å². The van der Waals surface area contributed by atoms with Crippen LogP contribution in [-0.4, -0.2) is 17.0 Å². The summed E-state index contributed by atoms with van der Waals surface area (Å²) in [7, 11) is 0. The third kappa shape index (κ3) is 3.00. The van der Waals surface area contributed by atoms with Crippen LogP contribution in [0.2, 0.25) is 0 Å². The van der Waals surface area contributed by atoms with E-state index in [1.807, 2.05) is 19.1 Å². The molecule has 2 unspecified atom stereocenters. The first-order chi connectivity index (χ1) is 8.74. The first-order valence-electron chi connectivity index (χ1n) is 6.63. The number of hydrogen-bond donors (Lipinski definition) is 1. The molecule has 1 fully saturated rings. The Balaban J connectivity index is 2.05. The number of anilines is 1. The van der Waals surface area contributed by atoms with E-state index < -0.39 is 0 Å². The van der Waals surface area contributed by atoms with E-state index in [2.05, 4.69) is 36.1 Å². The zero-order valence-corrected chi connectivity index (χ0v) is 11.9. The molecule has 2 nitrogen and oxygen atoms in total. The number of nitriles is 1. The quantitative estimate of drug-likeness (QED) is 0.890. The van der Waals surface area contributed by atoms with E-state index in [0.717, 1.165) is 22.1 Å². The van der Waals surface area contributed by atoms with Gasteiger partial charge in [-0.3, -0.25) is 0 Å². The number of rotatable bonds is 4. The highest BCUT2D eigenvalue weighted by molar-refractivity contribution is 7.99. The molecule has 1 aromatic carbocycles. The van der Waals surface area contributed by atoms with Crippen LogP contribution in [-0.2, 0) is 0 Å². The molecule has 96 valence electrons. The molecule has 0 spiro atoms. The Kier molecular flexibility index (Phi) is 4.54. The monoisotopic (exact) mass is 260 g/mol. The van der Waals surface area contributed by atoms with Crippen molar-refractivity contribution in [3.8, 4) is 6.07 Å². The van der Waals surface area contributed by atoms with Gasteiger partial charge in [0.05, 0.1) is 11.6 Å². The Bertz CT molecular complexity index is 450. The van der Waals surface area contributed by atoms with Crippen molar-refractivity contribution in [3.05, 3.63) is 29.3 Å². The van der Waals surface area contributed by atoms with E-state index in [4.69, 9.17) is 5.26 Å². The lowest BCUT2D eigenvalue weighted by Crippen LogP contribution is -2.26. The minimum Gasteiger partial charge on any atom is -0.381 e. The van der Waals surface area contributed by atoms with Crippen LogP contribution in [0, 0.1) is 18.3 Å². The highest BCUT2D eigenvalue weighted by Gasteiger charge is 2.26. The molecule has 1 saturated carbocycles. The van der Waals surface area contributed by atoms with Crippen molar-refractivity contribution in [2.45, 2.75) is 44.4 Å². The molecule has 3 heteroatoms. The summed E-state index contributed by atoms with van der Waals surface area (Å²) in [6.45, 7) is 4.22. The van der Waals surface area contributed by atoms with Crippen LogP contribution in [0.25, 0.3) is 0 Å². The van der Waals surface area contributed by atoms with Crippen molar-refractivity contribution in [3.63, 3.8) is 0 Å². The predicted octanol–water partition coefficient (Wildman–Crippen LogP) is 3.95. The average Bonchev–Trinajstić information content (AvgIpc) is 2.78. The normalized spacial score (nSPS) is 22.7. The van der Waals surface area contributed by atoms with Gasteiger partial charge in [0.15, 0.2) is 0 Å². The Labute approximate surface area is 114 Å². The van der Waals surface area contributed by atoms with Gasteiger partial charge >= 0.3 is 0 Å². The zero-order chi connectivity index (χ0) is 13.0. The fourth-order valence-electron chi connectivity index (χ4n) is 2.60. The zero-order valence-electron chi connectivity index (χ0n) is 11.1. The largest absolute Gasteiger partial charge is 0.381 e. The molecular formula is C15H20N2S. The van der Waals surface area contributed by atoms with Gasteiger partial charge in [-0.2, -0.15) is 17.0 Å². The minimum atomic E-state index is 0.585. The van der Waals surface area contributed by atoms with Gasteiger partial charge in [-0.15, -0.1) is 0 Å². The van der Waals surface area contributed by atoms with E-state index in [1.165, 1.54) is 25.0 Å². The highest BCUT2D eigenvalue weighted by Crippen LogP contribution is 2.32. The molecule has 0 heterocycles. The molecule has 1 N–H and O–H groups in total. The molecule has 0 bridgehead atoms. The van der Waals surface area contributed by atoms with Crippen LogP contribution < -0.4 is 5.32 Å². The Morgan fingerprint density at radius 1 is 1.44 bits per heavy atom. The van der Waals surface area contributed by atoms with Crippen LogP contribution in [0.3, 0.4) is 0 Å². The lowest BCUT2D eigenvalue weighted by Gasteiger charge is -2.21. The lowest BCUT2D eigenvalue weighted by molar-refractivity contribution is 0.767. The predicted molar refractivity (Wildman–Crippen MR) is 79.1 cm³/mol. The van der Waals surface area contributed by atoms with Crippen LogP contribution in [0.1, 0.15) is 37.3 Å². The molecule has 0 saturated heterocycles. The number of benzene rings is 1. The topological polar surface area (TPSA) is 35.8 Å². The molecule has 2 rings (SSSR count). The second-order valence-electron chi connectivity index (χ2n) is 4.82. The van der Waals surface area contributed by atoms with Gasteiger partial charge in [0.2, 0.25) is 0 Å². The Hall–Kier alpha value is -1.14. The molecule has 0 radical (unpaired) electrons. The maximum absolute atomic E-state index is 8.93. The number of thioether (sulfide) groups is 1. The number of hydrogen-bond acceptors (Lipinski definition) is 3. The summed E-state index contributed by atoms with van der Waals surface area (Å²) in [5.74, 6) is 1.19. The molecule has 0 aromatic heterocycles. The molecular weight excluding hydrogens is 240 g/mol. The number of aryl methyl sites for hydroxylation is 1. The molecule has 2 atom stereocenters. The highest BCUT2D eigenvalue weighted by atomic mass is 32.2. The Morgan fingerprint density at radius 3 is 2.94 bits per heavy atom. The lowest BCUT2D eigenvalue weighted by atomic mass is 10.1. The summed E-state index contributed by atoms with van der Waals surface area (Å²) in [5.41, 5.74) is 2.98. The van der Waals surface area contributed by atoms with Gasteiger partial charge in [-0.1, -0.05) is 13.3 Å². The standard InChI is InChI=1S/C15H20N2S/c1-3-18-15-6-4-5-14(15)17-13-8-7-12(10-16)11(2)9-13/h7-9,14-15,17H,3-6H2,1-2H3. The van der Waals surface area contributed by atoms with E-state index in [0.29, 0.717) is 6.04 Å². The summed E-state index contributed by atoms with van der Waals surface area (Å²) < 4.78 is 0. The van der Waals surface area contributed by atoms with Crippen molar-refractivity contribution in [2.75, 3.05) is 11.1 Å². The SMILES string of the molecule is CCSC1CCCC1Nc1ccc(C#N)c(C)c1. The fraction of sp³-hybridized carbons (Fsp3) is 0.533. The summed E-state index contributed by atoms with van der Waals surface area (Å²) >= 11 is 2.06. The van der Waals surface area contributed by atoms with Crippen molar-refractivity contribution < 1.29 is 0 Å². The van der Waals surface area contributed by atoms with Crippen LogP contribution in [0.5, 0.6) is 0 Å². The summed E-state index contributed by atoms with van der Waals surface area (Å²) in [5, 5.41) is 13.3. The summed E-state index contributed by atoms with van der Waals surface area (Å²) in [6.07, 6.45) is 3.91. The van der Waals surface area contributed by atoms with E-state index in [-0.39, 0.29) is 0 Å². The number of nitrogens with one attached hydrogen (secondary N) is 1. The Morgan fingerprint density at radius 2 is 2.28 bits per heavy atom. The average molecular weight is 260 g/mol. The maximum atomic E-state index is 8.93. The molecule has 1 aliphatic carbocycles. The van der Waals surface area contributed by atoms with Gasteiger partial charge in [-0.05, 0) is 49.3 Å². The van der Waals surface area contributed by atoms with Gasteiger partial charge < -0.3 is 5.32 Å². The molecule has 18 heavy (non-hydrogen) atoms. The number of nitrogens with zero attached hydrogens (tertiary/aromatic N) is 1. The third-order valence-corrected chi connectivity index (χ3v) is 4.86. The summed E-state index contributed by atoms with van der Waals surface area (Å²) in [4.78, 5) is 0.